The zero-order valence-corrected chi connectivity index (χ0v) is 11.6. The Morgan fingerprint density at radius 3 is 2.47 bits per heavy atom. The van der Waals surface area contributed by atoms with Gasteiger partial charge in [-0.05, 0) is 29.5 Å². The number of carbonyl (C=O) groups is 1. The molecule has 0 aliphatic heterocycles. The maximum Gasteiger partial charge on any atom is 0.419 e. The maximum absolute atomic E-state index is 12.8. The predicted octanol–water partition coefficient (Wildman–Crippen LogP) is 3.82. The topological polar surface area (TPSA) is 39.2 Å². The molecule has 1 aromatic rings. The Bertz CT molecular complexity index is 490. The van der Waals surface area contributed by atoms with E-state index in [1.54, 1.807) is 0 Å². The van der Waals surface area contributed by atoms with E-state index in [9.17, 15) is 26.7 Å². The molecule has 0 aromatic carbocycles. The highest BCUT2D eigenvalue weighted by Crippen LogP contribution is 2.39. The lowest BCUT2D eigenvalue weighted by Gasteiger charge is -2.15. The van der Waals surface area contributed by atoms with Gasteiger partial charge in [0, 0.05) is 9.77 Å². The smallest absolute Gasteiger partial charge is 0.419 e. The van der Waals surface area contributed by atoms with Crippen LogP contribution >= 0.6 is 22.6 Å². The van der Waals surface area contributed by atoms with Gasteiger partial charge in [-0.2, -0.15) is 13.2 Å². The molecule has 106 valence electrons. The third-order valence-corrected chi connectivity index (χ3v) is 3.15. The van der Waals surface area contributed by atoms with Gasteiger partial charge in [-0.25, -0.2) is 13.6 Å². The highest BCUT2D eigenvalue weighted by molar-refractivity contribution is 14.1. The number of pyridine rings is 1. The third kappa shape index (κ3) is 3.51. The second-order valence-electron chi connectivity index (χ2n) is 3.27. The molecule has 0 N–H and O–H groups in total. The summed E-state index contributed by atoms with van der Waals surface area (Å²) in [7, 11) is 0. The van der Waals surface area contributed by atoms with Gasteiger partial charge in [0.05, 0.1) is 17.7 Å². The Morgan fingerprint density at radius 2 is 2.05 bits per heavy atom. The number of ether oxygens (including phenoxy) is 1. The molecule has 1 rings (SSSR count). The quantitative estimate of drug-likeness (QED) is 0.444. The molecule has 0 aliphatic rings. The van der Waals surface area contributed by atoms with Crippen molar-refractivity contribution in [2.24, 2.45) is 0 Å². The Balaban J connectivity index is 3.47. The van der Waals surface area contributed by atoms with E-state index < -0.39 is 39.0 Å². The van der Waals surface area contributed by atoms with Crippen molar-refractivity contribution in [3.8, 4) is 0 Å². The van der Waals surface area contributed by atoms with Crippen LogP contribution in [0.1, 0.15) is 35.0 Å². The average Bonchev–Trinajstić information content (AvgIpc) is 2.26. The Labute approximate surface area is 118 Å². The van der Waals surface area contributed by atoms with Crippen LogP contribution in [0.5, 0.6) is 0 Å². The van der Waals surface area contributed by atoms with Crippen LogP contribution in [-0.4, -0.2) is 17.6 Å². The molecule has 0 spiro atoms. The van der Waals surface area contributed by atoms with Gasteiger partial charge in [0.15, 0.2) is 0 Å². The largest absolute Gasteiger partial charge is 0.462 e. The van der Waals surface area contributed by atoms with Crippen molar-refractivity contribution in [2.75, 3.05) is 6.61 Å². The number of hydrogen-bond donors (Lipinski definition) is 0. The van der Waals surface area contributed by atoms with Crippen molar-refractivity contribution < 1.29 is 31.5 Å². The number of carbonyl (C=O) groups excluding carboxylic acids is 1. The summed E-state index contributed by atoms with van der Waals surface area (Å²) in [4.78, 5) is 14.4. The van der Waals surface area contributed by atoms with Crippen LogP contribution in [0.3, 0.4) is 0 Å². The maximum atomic E-state index is 12.8. The van der Waals surface area contributed by atoms with Gasteiger partial charge in [-0.1, -0.05) is 0 Å². The van der Waals surface area contributed by atoms with Crippen LogP contribution < -0.4 is 0 Å². The van der Waals surface area contributed by atoms with E-state index in [2.05, 4.69) is 9.72 Å². The molecule has 0 saturated carbocycles. The van der Waals surface area contributed by atoms with E-state index in [-0.39, 0.29) is 6.61 Å². The Morgan fingerprint density at radius 1 is 1.47 bits per heavy atom. The molecule has 0 bridgehead atoms. The normalized spacial score (nSPS) is 11.8. The third-order valence-electron chi connectivity index (χ3n) is 2.03. The van der Waals surface area contributed by atoms with E-state index >= 15 is 0 Å². The standard InChI is InChI=1S/C10H7F5INO2/c1-2-19-9(18)4-3-17-7(8(11)12)5(6(4)16)10(13,14)15/h3,8H,2H2,1H3. The van der Waals surface area contributed by atoms with Crippen molar-refractivity contribution in [3.63, 3.8) is 0 Å². The van der Waals surface area contributed by atoms with Gasteiger partial charge >= 0.3 is 12.1 Å². The molecule has 0 aliphatic carbocycles. The van der Waals surface area contributed by atoms with Gasteiger partial charge in [0.25, 0.3) is 6.43 Å². The van der Waals surface area contributed by atoms with Crippen LogP contribution in [0, 0.1) is 3.57 Å². The summed E-state index contributed by atoms with van der Waals surface area (Å²) in [6.07, 6.45) is -7.75. The van der Waals surface area contributed by atoms with E-state index in [0.29, 0.717) is 6.20 Å². The van der Waals surface area contributed by atoms with Crippen molar-refractivity contribution in [2.45, 2.75) is 19.5 Å². The average molecular weight is 395 g/mol. The van der Waals surface area contributed by atoms with E-state index in [1.165, 1.54) is 29.5 Å². The molecule has 0 amide bonds. The summed E-state index contributed by atoms with van der Waals surface area (Å²) >= 11 is 1.19. The van der Waals surface area contributed by atoms with Crippen LogP contribution in [0.15, 0.2) is 6.20 Å². The first-order valence-electron chi connectivity index (χ1n) is 4.91. The molecule has 0 unspecified atom stereocenters. The second kappa shape index (κ2) is 5.97. The number of halogens is 6. The minimum Gasteiger partial charge on any atom is -0.462 e. The summed E-state index contributed by atoms with van der Waals surface area (Å²) in [5, 5.41) is 0. The number of hydrogen-bond acceptors (Lipinski definition) is 3. The SMILES string of the molecule is CCOC(=O)c1cnc(C(F)F)c(C(F)(F)F)c1I. The van der Waals surface area contributed by atoms with Crippen LogP contribution in [0.2, 0.25) is 0 Å². The number of alkyl halides is 5. The van der Waals surface area contributed by atoms with Crippen molar-refractivity contribution in [1.82, 2.24) is 4.98 Å². The van der Waals surface area contributed by atoms with Crippen LogP contribution in [0.25, 0.3) is 0 Å². The number of aromatic nitrogens is 1. The summed E-state index contributed by atoms with van der Waals surface area (Å²) in [6, 6.07) is 0. The summed E-state index contributed by atoms with van der Waals surface area (Å²) in [5.74, 6) is -1.04. The molecule has 1 aromatic heterocycles. The molecular weight excluding hydrogens is 388 g/mol. The Kier molecular flexibility index (Phi) is 5.04. The minimum absolute atomic E-state index is 0.0487. The Hall–Kier alpha value is -1.00. The second-order valence-corrected chi connectivity index (χ2v) is 4.34. The van der Waals surface area contributed by atoms with Gasteiger partial charge < -0.3 is 4.74 Å². The predicted molar refractivity (Wildman–Crippen MR) is 62.9 cm³/mol. The van der Waals surface area contributed by atoms with Gasteiger partial charge in [0.1, 0.15) is 5.69 Å². The van der Waals surface area contributed by atoms with Gasteiger partial charge in [-0.15, -0.1) is 0 Å². The van der Waals surface area contributed by atoms with Gasteiger partial charge in [-0.3, -0.25) is 4.98 Å². The first-order chi connectivity index (χ1) is 8.70. The summed E-state index contributed by atoms with van der Waals surface area (Å²) in [5.41, 5.74) is -3.49. The fraction of sp³-hybridized carbons (Fsp3) is 0.400. The molecule has 19 heavy (non-hydrogen) atoms. The molecular formula is C10H7F5INO2. The van der Waals surface area contributed by atoms with Crippen molar-refractivity contribution >= 4 is 28.6 Å². The zero-order valence-electron chi connectivity index (χ0n) is 9.39. The number of esters is 1. The van der Waals surface area contributed by atoms with E-state index in [1.807, 2.05) is 0 Å². The van der Waals surface area contributed by atoms with Gasteiger partial charge in [0.2, 0.25) is 0 Å². The monoisotopic (exact) mass is 395 g/mol. The van der Waals surface area contributed by atoms with Crippen LogP contribution in [0.4, 0.5) is 22.0 Å². The zero-order chi connectivity index (χ0) is 14.8. The summed E-state index contributed by atoms with van der Waals surface area (Å²) < 4.78 is 67.3. The number of rotatable bonds is 3. The fourth-order valence-electron chi connectivity index (χ4n) is 1.29. The molecule has 0 radical (unpaired) electrons. The molecule has 0 saturated heterocycles. The highest BCUT2D eigenvalue weighted by atomic mass is 127. The fourth-order valence-corrected chi connectivity index (χ4v) is 2.23. The first-order valence-corrected chi connectivity index (χ1v) is 5.98. The highest BCUT2D eigenvalue weighted by Gasteiger charge is 2.40. The number of nitrogens with zero attached hydrogens (tertiary/aromatic N) is 1. The molecule has 0 atom stereocenters. The van der Waals surface area contributed by atoms with Crippen molar-refractivity contribution in [3.05, 3.63) is 26.6 Å². The molecule has 3 nitrogen and oxygen atoms in total. The molecule has 1 heterocycles. The summed E-state index contributed by atoms with van der Waals surface area (Å²) in [6.45, 7) is 1.42. The molecule has 0 fully saturated rings. The first kappa shape index (κ1) is 16.1. The lowest BCUT2D eigenvalue weighted by atomic mass is 10.1. The lowest BCUT2D eigenvalue weighted by Crippen LogP contribution is -2.18. The van der Waals surface area contributed by atoms with Crippen molar-refractivity contribution in [1.29, 1.82) is 0 Å². The van der Waals surface area contributed by atoms with E-state index in [4.69, 9.17) is 0 Å². The minimum atomic E-state index is -5.03. The molecule has 9 heteroatoms. The van der Waals surface area contributed by atoms with E-state index in [0.717, 1.165) is 0 Å². The lowest BCUT2D eigenvalue weighted by molar-refractivity contribution is -0.140. The van der Waals surface area contributed by atoms with Crippen LogP contribution in [-0.2, 0) is 10.9 Å².